The van der Waals surface area contributed by atoms with E-state index in [2.05, 4.69) is 22.2 Å². The predicted molar refractivity (Wildman–Crippen MR) is 103 cm³/mol. The fraction of sp³-hybridized carbons (Fsp3) is 0.933. The van der Waals surface area contributed by atoms with Crippen molar-refractivity contribution < 1.29 is 4.79 Å². The van der Waals surface area contributed by atoms with Gasteiger partial charge in [-0.15, -0.1) is 37.2 Å². The molecule has 140 valence electrons. The molecule has 1 aliphatic heterocycles. The second kappa shape index (κ2) is 12.6. The highest BCUT2D eigenvalue weighted by Crippen LogP contribution is 2.25. The number of hydrogen-bond acceptors (Lipinski definition) is 4. The van der Waals surface area contributed by atoms with E-state index in [0.717, 1.165) is 71.4 Å². The maximum absolute atomic E-state index is 12.2. The van der Waals surface area contributed by atoms with E-state index < -0.39 is 5.54 Å². The molecular weight excluding hydrogens is 359 g/mol. The molecule has 0 aromatic heterocycles. The molecular formula is C15H33Cl3N4O. The Hall–Kier alpha value is 0.220. The van der Waals surface area contributed by atoms with Gasteiger partial charge in [-0.1, -0.05) is 19.3 Å². The predicted octanol–water partition coefficient (Wildman–Crippen LogP) is 1.67. The first-order valence-electron chi connectivity index (χ1n) is 8.08. The van der Waals surface area contributed by atoms with Crippen LogP contribution in [0.4, 0.5) is 0 Å². The minimum atomic E-state index is -0.591. The lowest BCUT2D eigenvalue weighted by atomic mass is 9.82. The smallest absolute Gasteiger partial charge is 0.240 e. The summed E-state index contributed by atoms with van der Waals surface area (Å²) >= 11 is 0. The first kappa shape index (κ1) is 25.5. The molecule has 3 N–H and O–H groups in total. The third-order valence-electron chi connectivity index (χ3n) is 4.73. The second-order valence-corrected chi connectivity index (χ2v) is 6.47. The quantitative estimate of drug-likeness (QED) is 0.700. The minimum absolute atomic E-state index is 0. The van der Waals surface area contributed by atoms with Crippen LogP contribution in [0.2, 0.25) is 0 Å². The van der Waals surface area contributed by atoms with Gasteiger partial charge in [0.25, 0.3) is 0 Å². The largest absolute Gasteiger partial charge is 0.354 e. The second-order valence-electron chi connectivity index (χ2n) is 6.47. The van der Waals surface area contributed by atoms with Crippen LogP contribution < -0.4 is 11.1 Å². The molecule has 2 aliphatic rings. The fourth-order valence-electron chi connectivity index (χ4n) is 3.16. The number of nitrogens with one attached hydrogen (secondary N) is 1. The van der Waals surface area contributed by atoms with Gasteiger partial charge >= 0.3 is 0 Å². The zero-order chi connectivity index (χ0) is 14.4. The SMILES string of the molecule is CN1CCN(CCCNC(=O)C2(N)CCCCC2)CC1.Cl.Cl.Cl. The van der Waals surface area contributed by atoms with Crippen LogP contribution in [-0.4, -0.2) is 67.6 Å². The van der Waals surface area contributed by atoms with Crippen LogP contribution in [0.5, 0.6) is 0 Å². The van der Waals surface area contributed by atoms with Gasteiger partial charge in [-0.3, -0.25) is 4.79 Å². The highest BCUT2D eigenvalue weighted by Gasteiger charge is 2.34. The van der Waals surface area contributed by atoms with Gasteiger partial charge in [0.05, 0.1) is 5.54 Å². The molecule has 0 spiro atoms. The molecule has 2 rings (SSSR count). The van der Waals surface area contributed by atoms with Crippen molar-refractivity contribution in [1.29, 1.82) is 0 Å². The maximum Gasteiger partial charge on any atom is 0.240 e. The summed E-state index contributed by atoms with van der Waals surface area (Å²) in [6.45, 7) is 6.42. The third kappa shape index (κ3) is 8.23. The van der Waals surface area contributed by atoms with Crippen molar-refractivity contribution in [3.63, 3.8) is 0 Å². The van der Waals surface area contributed by atoms with Gasteiger partial charge < -0.3 is 20.9 Å². The van der Waals surface area contributed by atoms with Crippen LogP contribution in [0, 0.1) is 0 Å². The number of rotatable bonds is 5. The van der Waals surface area contributed by atoms with Crippen LogP contribution in [-0.2, 0) is 4.79 Å². The van der Waals surface area contributed by atoms with E-state index in [4.69, 9.17) is 5.73 Å². The summed E-state index contributed by atoms with van der Waals surface area (Å²) in [5.74, 6) is 0.0653. The van der Waals surface area contributed by atoms with Crippen LogP contribution in [0.3, 0.4) is 0 Å². The topological polar surface area (TPSA) is 61.6 Å². The summed E-state index contributed by atoms with van der Waals surface area (Å²) in [4.78, 5) is 17.0. The Kier molecular flexibility index (Phi) is 13.9. The molecule has 0 bridgehead atoms. The molecule has 1 saturated carbocycles. The Morgan fingerprint density at radius 2 is 1.61 bits per heavy atom. The van der Waals surface area contributed by atoms with E-state index >= 15 is 0 Å². The Morgan fingerprint density at radius 1 is 1.04 bits per heavy atom. The Labute approximate surface area is 159 Å². The first-order valence-corrected chi connectivity index (χ1v) is 8.08. The van der Waals surface area contributed by atoms with Gasteiger partial charge in [-0.2, -0.15) is 0 Å². The molecule has 1 saturated heterocycles. The van der Waals surface area contributed by atoms with Crippen molar-refractivity contribution in [2.45, 2.75) is 44.1 Å². The van der Waals surface area contributed by atoms with Gasteiger partial charge in [0, 0.05) is 32.7 Å². The highest BCUT2D eigenvalue weighted by molar-refractivity contribution is 5.86. The minimum Gasteiger partial charge on any atom is -0.354 e. The summed E-state index contributed by atoms with van der Waals surface area (Å²) in [6.07, 6.45) is 6.10. The van der Waals surface area contributed by atoms with Crippen LogP contribution in [0.25, 0.3) is 0 Å². The molecule has 1 aliphatic carbocycles. The van der Waals surface area contributed by atoms with E-state index in [1.54, 1.807) is 0 Å². The van der Waals surface area contributed by atoms with Crippen LogP contribution in [0.1, 0.15) is 38.5 Å². The Bertz CT molecular complexity index is 320. The van der Waals surface area contributed by atoms with Crippen molar-refractivity contribution in [2.24, 2.45) is 5.73 Å². The molecule has 23 heavy (non-hydrogen) atoms. The number of nitrogens with two attached hydrogens (primary N) is 1. The summed E-state index contributed by atoms with van der Waals surface area (Å²) in [5, 5.41) is 3.04. The number of likely N-dealkylation sites (N-methyl/N-ethyl adjacent to an activating group) is 1. The van der Waals surface area contributed by atoms with Crippen molar-refractivity contribution in [2.75, 3.05) is 46.3 Å². The van der Waals surface area contributed by atoms with E-state index in [9.17, 15) is 4.79 Å². The molecule has 8 heteroatoms. The molecule has 2 fully saturated rings. The standard InChI is InChI=1S/C15H30N4O.3ClH/c1-18-10-12-19(13-11-18)9-5-8-17-14(20)15(16)6-3-2-4-7-15;;;/h2-13,16H2,1H3,(H,17,20);3*1H. The number of amides is 1. The average molecular weight is 392 g/mol. The molecule has 1 amide bonds. The lowest BCUT2D eigenvalue weighted by Gasteiger charge is -2.33. The Balaban J connectivity index is 0. The van der Waals surface area contributed by atoms with Gasteiger partial charge in [0.1, 0.15) is 0 Å². The zero-order valence-electron chi connectivity index (χ0n) is 14.1. The molecule has 0 radical (unpaired) electrons. The monoisotopic (exact) mass is 390 g/mol. The third-order valence-corrected chi connectivity index (χ3v) is 4.73. The molecule has 5 nitrogen and oxygen atoms in total. The van der Waals surface area contributed by atoms with E-state index in [0.29, 0.717) is 0 Å². The molecule has 0 atom stereocenters. The van der Waals surface area contributed by atoms with E-state index in [-0.39, 0.29) is 43.1 Å². The summed E-state index contributed by atoms with van der Waals surface area (Å²) in [7, 11) is 2.17. The van der Waals surface area contributed by atoms with E-state index in [1.807, 2.05) is 0 Å². The van der Waals surface area contributed by atoms with Gasteiger partial charge in [0.2, 0.25) is 5.91 Å². The summed E-state index contributed by atoms with van der Waals surface area (Å²) in [6, 6.07) is 0. The summed E-state index contributed by atoms with van der Waals surface area (Å²) in [5.41, 5.74) is 5.62. The first-order chi connectivity index (χ1) is 9.60. The van der Waals surface area contributed by atoms with Gasteiger partial charge in [0.15, 0.2) is 0 Å². The normalized spacial score (nSPS) is 21.3. The average Bonchev–Trinajstić information content (AvgIpc) is 2.46. The Morgan fingerprint density at radius 3 is 2.17 bits per heavy atom. The van der Waals surface area contributed by atoms with Gasteiger partial charge in [-0.05, 0) is 32.9 Å². The molecule has 0 aromatic carbocycles. The van der Waals surface area contributed by atoms with Crippen molar-refractivity contribution in [3.8, 4) is 0 Å². The molecule has 0 aromatic rings. The maximum atomic E-state index is 12.2. The lowest BCUT2D eigenvalue weighted by Crippen LogP contribution is -2.55. The van der Waals surface area contributed by atoms with Crippen molar-refractivity contribution in [3.05, 3.63) is 0 Å². The van der Waals surface area contributed by atoms with E-state index in [1.165, 1.54) is 6.42 Å². The number of piperazine rings is 1. The molecule has 0 unspecified atom stereocenters. The number of carbonyl (C=O) groups is 1. The van der Waals surface area contributed by atoms with Crippen LogP contribution in [0.15, 0.2) is 0 Å². The zero-order valence-corrected chi connectivity index (χ0v) is 16.5. The van der Waals surface area contributed by atoms with Gasteiger partial charge in [-0.25, -0.2) is 0 Å². The number of carbonyl (C=O) groups excluding carboxylic acids is 1. The lowest BCUT2D eigenvalue weighted by molar-refractivity contribution is -0.127. The molecule has 1 heterocycles. The van der Waals surface area contributed by atoms with Crippen molar-refractivity contribution in [1.82, 2.24) is 15.1 Å². The highest BCUT2D eigenvalue weighted by atomic mass is 35.5. The van der Waals surface area contributed by atoms with Crippen LogP contribution >= 0.6 is 37.2 Å². The number of nitrogens with zero attached hydrogens (tertiary/aromatic N) is 2. The number of hydrogen-bond donors (Lipinski definition) is 2. The number of halogens is 3. The van der Waals surface area contributed by atoms with Crippen molar-refractivity contribution >= 4 is 43.1 Å². The summed E-state index contributed by atoms with van der Waals surface area (Å²) < 4.78 is 0. The fourth-order valence-corrected chi connectivity index (χ4v) is 3.16.